The minimum atomic E-state index is -2.60. The van der Waals surface area contributed by atoms with E-state index in [4.69, 9.17) is 35.4 Å². The Morgan fingerprint density at radius 1 is 0.929 bits per heavy atom. The fraction of sp³-hybridized carbons (Fsp3) is 1.00. The zero-order valence-corrected chi connectivity index (χ0v) is 22.0. The third-order valence-electron chi connectivity index (χ3n) is 5.11. The summed E-state index contributed by atoms with van der Waals surface area (Å²) in [5.41, 5.74) is -0.131. The molecule has 0 aromatic rings. The molecule has 4 unspecified atom stereocenters. The maximum atomic E-state index is 6.52. The molecule has 0 amide bonds. The minimum absolute atomic E-state index is 0.131. The summed E-state index contributed by atoms with van der Waals surface area (Å²) in [6, 6.07) is 0.890. The van der Waals surface area contributed by atoms with E-state index >= 15 is 0 Å². The lowest BCUT2D eigenvalue weighted by molar-refractivity contribution is -0.0183. The molecular formula is C16H36O8Si4. The maximum absolute atomic E-state index is 6.52. The highest BCUT2D eigenvalue weighted by molar-refractivity contribution is 6.85. The summed E-state index contributed by atoms with van der Waals surface area (Å²) >= 11 is 0. The third-order valence-corrected chi connectivity index (χ3v) is 20.9. The van der Waals surface area contributed by atoms with Crippen molar-refractivity contribution in [3.05, 3.63) is 0 Å². The molecule has 28 heavy (non-hydrogen) atoms. The van der Waals surface area contributed by atoms with Crippen molar-refractivity contribution in [1.29, 1.82) is 0 Å². The lowest BCUT2D eigenvalue weighted by atomic mass is 10.3. The van der Waals surface area contributed by atoms with Crippen LogP contribution in [-0.2, 0) is 35.4 Å². The van der Waals surface area contributed by atoms with Crippen LogP contribution in [0.1, 0.15) is 19.3 Å². The molecule has 0 aromatic heterocycles. The molecule has 3 aliphatic rings. The number of ether oxygens (including phenoxy) is 4. The number of rotatable bonds is 7. The molecule has 3 rings (SSSR count). The van der Waals surface area contributed by atoms with Crippen LogP contribution in [0.15, 0.2) is 0 Å². The second-order valence-electron chi connectivity index (χ2n) is 8.03. The number of hydrogen-bond donors (Lipinski definition) is 0. The van der Waals surface area contributed by atoms with E-state index in [1.54, 1.807) is 0 Å². The van der Waals surface area contributed by atoms with E-state index in [0.717, 1.165) is 45.1 Å². The molecule has 0 bridgehead atoms. The summed E-state index contributed by atoms with van der Waals surface area (Å²) in [5, 5.41) is 0. The van der Waals surface area contributed by atoms with Gasteiger partial charge in [0.05, 0.1) is 19.8 Å². The van der Waals surface area contributed by atoms with Gasteiger partial charge in [0.15, 0.2) is 0 Å². The van der Waals surface area contributed by atoms with E-state index in [1.165, 1.54) is 0 Å². The van der Waals surface area contributed by atoms with E-state index in [1.807, 2.05) is 0 Å². The molecule has 3 saturated heterocycles. The van der Waals surface area contributed by atoms with Gasteiger partial charge in [-0.3, -0.25) is 0 Å². The summed E-state index contributed by atoms with van der Waals surface area (Å²) < 4.78 is 48.7. The highest BCUT2D eigenvalue weighted by atomic mass is 28.5. The average molecular weight is 469 g/mol. The summed E-state index contributed by atoms with van der Waals surface area (Å²) in [7, 11) is -8.74. The molecule has 12 heteroatoms. The smallest absolute Gasteiger partial charge is 0.349 e. The quantitative estimate of drug-likeness (QED) is 0.316. The molecule has 0 aromatic carbocycles. The summed E-state index contributed by atoms with van der Waals surface area (Å²) in [4.78, 5) is 0. The first-order valence-corrected chi connectivity index (χ1v) is 19.6. The van der Waals surface area contributed by atoms with Gasteiger partial charge >= 0.3 is 35.7 Å². The van der Waals surface area contributed by atoms with Crippen molar-refractivity contribution >= 4 is 35.7 Å². The van der Waals surface area contributed by atoms with Crippen LogP contribution < -0.4 is 0 Å². The summed E-state index contributed by atoms with van der Waals surface area (Å²) in [5.74, 6) is 0. The SMILES string of the molecule is C[SiH]1O[Si](C)(CCCOCC2CO2)O[SiH](C)O[Si](C)(C2COCCCCO2)O1. The summed E-state index contributed by atoms with van der Waals surface area (Å²) in [6.45, 7) is 12.6. The molecule has 0 spiro atoms. The van der Waals surface area contributed by atoms with Crippen LogP contribution in [0, 0.1) is 0 Å². The molecule has 3 heterocycles. The molecular weight excluding hydrogens is 433 g/mol. The fourth-order valence-corrected chi connectivity index (χ4v) is 21.1. The predicted octanol–water partition coefficient (Wildman–Crippen LogP) is 1.45. The van der Waals surface area contributed by atoms with Gasteiger partial charge in [0.25, 0.3) is 0 Å². The minimum Gasteiger partial charge on any atom is -0.418 e. The summed E-state index contributed by atoms with van der Waals surface area (Å²) in [6.07, 6.45) is 3.28. The molecule has 0 radical (unpaired) electrons. The van der Waals surface area contributed by atoms with E-state index in [9.17, 15) is 0 Å². The lowest BCUT2D eigenvalue weighted by Crippen LogP contribution is -2.64. The van der Waals surface area contributed by atoms with E-state index in [2.05, 4.69) is 26.2 Å². The molecule has 3 fully saturated rings. The van der Waals surface area contributed by atoms with Crippen LogP contribution in [0.25, 0.3) is 0 Å². The van der Waals surface area contributed by atoms with Crippen molar-refractivity contribution in [2.45, 2.75) is 63.3 Å². The van der Waals surface area contributed by atoms with Crippen molar-refractivity contribution in [3.63, 3.8) is 0 Å². The predicted molar refractivity (Wildman–Crippen MR) is 113 cm³/mol. The van der Waals surface area contributed by atoms with Crippen molar-refractivity contribution in [3.8, 4) is 0 Å². The van der Waals surface area contributed by atoms with Crippen LogP contribution in [0.4, 0.5) is 0 Å². The number of epoxide rings is 1. The Labute approximate surface area is 174 Å². The third kappa shape index (κ3) is 7.35. The Kier molecular flexibility index (Phi) is 8.89. The van der Waals surface area contributed by atoms with Gasteiger partial charge in [-0.2, -0.15) is 0 Å². The maximum Gasteiger partial charge on any atom is 0.349 e. The Morgan fingerprint density at radius 2 is 1.61 bits per heavy atom. The molecule has 3 aliphatic heterocycles. The van der Waals surface area contributed by atoms with Gasteiger partial charge in [-0.1, -0.05) is 0 Å². The molecule has 0 N–H and O–H groups in total. The fourth-order valence-electron chi connectivity index (χ4n) is 3.68. The first-order valence-electron chi connectivity index (χ1n) is 10.5. The average Bonchev–Trinajstić information content (AvgIpc) is 3.36. The van der Waals surface area contributed by atoms with E-state index in [0.29, 0.717) is 25.9 Å². The van der Waals surface area contributed by atoms with Crippen LogP contribution in [-0.4, -0.2) is 87.2 Å². The van der Waals surface area contributed by atoms with Gasteiger partial charge in [0.2, 0.25) is 0 Å². The first-order chi connectivity index (χ1) is 13.4. The van der Waals surface area contributed by atoms with Crippen molar-refractivity contribution < 1.29 is 35.4 Å². The number of hydrogen-bond acceptors (Lipinski definition) is 8. The van der Waals surface area contributed by atoms with E-state index < -0.39 is 35.7 Å². The molecule has 164 valence electrons. The monoisotopic (exact) mass is 468 g/mol. The topological polar surface area (TPSA) is 77.1 Å². The Bertz CT molecular complexity index is 462. The van der Waals surface area contributed by atoms with Gasteiger partial charge in [-0.15, -0.1) is 0 Å². The van der Waals surface area contributed by atoms with Crippen LogP contribution in [0.5, 0.6) is 0 Å². The second-order valence-corrected chi connectivity index (χ2v) is 19.5. The zero-order valence-electron chi connectivity index (χ0n) is 17.6. The Hall–Kier alpha value is 0.548. The Balaban J connectivity index is 1.53. The van der Waals surface area contributed by atoms with Gasteiger partial charge in [-0.25, -0.2) is 0 Å². The van der Waals surface area contributed by atoms with Crippen LogP contribution >= 0.6 is 0 Å². The van der Waals surface area contributed by atoms with E-state index in [-0.39, 0.29) is 5.73 Å². The standard InChI is InChI=1S/C16H36O8Si4/c1-25-21-27(3,11-7-9-17-12-15-13-20-15)22-26(2)24-28(4,23-25)16-14-18-8-5-6-10-19-16/h15-16,25-26H,5-14H2,1-4H3. The Morgan fingerprint density at radius 3 is 2.29 bits per heavy atom. The van der Waals surface area contributed by atoms with Gasteiger partial charge in [0, 0.05) is 19.8 Å². The zero-order chi connectivity index (χ0) is 20.0. The molecule has 4 atom stereocenters. The lowest BCUT2D eigenvalue weighted by Gasteiger charge is -2.44. The van der Waals surface area contributed by atoms with Crippen molar-refractivity contribution in [2.75, 3.05) is 39.6 Å². The normalized spacial score (nSPS) is 42.9. The highest BCUT2D eigenvalue weighted by Gasteiger charge is 2.50. The van der Waals surface area contributed by atoms with Crippen LogP contribution in [0.3, 0.4) is 0 Å². The van der Waals surface area contributed by atoms with Crippen molar-refractivity contribution in [2.24, 2.45) is 0 Å². The van der Waals surface area contributed by atoms with Crippen LogP contribution in [0.2, 0.25) is 32.2 Å². The first kappa shape index (κ1) is 23.2. The van der Waals surface area contributed by atoms with Gasteiger partial charge in [0.1, 0.15) is 11.8 Å². The molecule has 0 aliphatic carbocycles. The molecule has 0 saturated carbocycles. The largest absolute Gasteiger partial charge is 0.418 e. The molecule has 8 nitrogen and oxygen atoms in total. The second kappa shape index (κ2) is 10.7. The van der Waals surface area contributed by atoms with Gasteiger partial charge in [-0.05, 0) is 51.5 Å². The van der Waals surface area contributed by atoms with Gasteiger partial charge < -0.3 is 35.4 Å². The van der Waals surface area contributed by atoms with Crippen molar-refractivity contribution in [1.82, 2.24) is 0 Å². The highest BCUT2D eigenvalue weighted by Crippen LogP contribution is 2.28.